The fraction of sp³-hybridized carbons (Fsp3) is 0.923. The largest absolute Gasteiger partial charge is 0.375 e. The van der Waals surface area contributed by atoms with Crippen molar-refractivity contribution in [3.8, 4) is 0 Å². The zero-order valence-electron chi connectivity index (χ0n) is 10.7. The third-order valence-electron chi connectivity index (χ3n) is 3.78. The second-order valence-corrected chi connectivity index (χ2v) is 5.20. The van der Waals surface area contributed by atoms with Gasteiger partial charge in [-0.3, -0.25) is 4.79 Å². The molecule has 0 aromatic heterocycles. The molecule has 2 fully saturated rings. The summed E-state index contributed by atoms with van der Waals surface area (Å²) in [5, 5.41) is 6.16. The Labute approximate surface area is 103 Å². The number of carbonyl (C=O) groups excluding carboxylic acids is 1. The summed E-state index contributed by atoms with van der Waals surface area (Å²) in [6, 6.07) is 0. The Morgan fingerprint density at radius 2 is 2.29 bits per heavy atom. The highest BCUT2D eigenvalue weighted by molar-refractivity contribution is 5.77. The topological polar surface area (TPSA) is 50.4 Å². The molecule has 0 aliphatic carbocycles. The first-order valence-electron chi connectivity index (χ1n) is 6.92. The van der Waals surface area contributed by atoms with Crippen LogP contribution in [0.4, 0.5) is 0 Å². The highest BCUT2D eigenvalue weighted by atomic mass is 16.5. The maximum atomic E-state index is 11.4. The van der Waals surface area contributed by atoms with Gasteiger partial charge in [-0.15, -0.1) is 0 Å². The molecule has 2 heterocycles. The number of carbonyl (C=O) groups is 1. The highest BCUT2D eigenvalue weighted by Crippen LogP contribution is 2.38. The van der Waals surface area contributed by atoms with E-state index >= 15 is 0 Å². The van der Waals surface area contributed by atoms with E-state index in [9.17, 15) is 4.79 Å². The number of ether oxygens (including phenoxy) is 1. The maximum absolute atomic E-state index is 11.4. The Morgan fingerprint density at radius 3 is 2.94 bits per heavy atom. The van der Waals surface area contributed by atoms with E-state index in [-0.39, 0.29) is 5.91 Å². The Hall–Kier alpha value is -0.610. The number of amides is 1. The van der Waals surface area contributed by atoms with Crippen molar-refractivity contribution >= 4 is 5.91 Å². The molecular formula is C13H24N2O2. The van der Waals surface area contributed by atoms with Gasteiger partial charge in [0.2, 0.25) is 5.91 Å². The van der Waals surface area contributed by atoms with Crippen LogP contribution in [0.2, 0.25) is 0 Å². The quantitative estimate of drug-likeness (QED) is 0.654. The summed E-state index contributed by atoms with van der Waals surface area (Å²) in [5.41, 5.74) is 0. The van der Waals surface area contributed by atoms with Crippen LogP contribution in [0.5, 0.6) is 0 Å². The van der Waals surface area contributed by atoms with Gasteiger partial charge < -0.3 is 15.4 Å². The molecule has 1 amide bonds. The highest BCUT2D eigenvalue weighted by Gasteiger charge is 2.40. The van der Waals surface area contributed by atoms with E-state index in [1.165, 1.54) is 19.3 Å². The van der Waals surface area contributed by atoms with Crippen molar-refractivity contribution in [3.05, 3.63) is 0 Å². The summed E-state index contributed by atoms with van der Waals surface area (Å²) in [6.45, 7) is 4.29. The summed E-state index contributed by atoms with van der Waals surface area (Å²) in [7, 11) is 0. The summed E-state index contributed by atoms with van der Waals surface area (Å²) in [6.07, 6.45) is 6.76. The number of hydrogen-bond donors (Lipinski definition) is 2. The number of unbranched alkanes of at least 4 members (excludes halogenated alkanes) is 1. The number of fused-ring (bicyclic) bond motifs is 2. The lowest BCUT2D eigenvalue weighted by molar-refractivity contribution is -0.120. The lowest BCUT2D eigenvalue weighted by Gasteiger charge is -2.18. The van der Waals surface area contributed by atoms with Crippen molar-refractivity contribution in [1.82, 2.24) is 10.6 Å². The van der Waals surface area contributed by atoms with Crippen LogP contribution in [-0.2, 0) is 9.53 Å². The minimum absolute atomic E-state index is 0.113. The van der Waals surface area contributed by atoms with Crippen LogP contribution in [0.1, 0.15) is 39.0 Å². The van der Waals surface area contributed by atoms with Gasteiger partial charge in [0, 0.05) is 19.0 Å². The average molecular weight is 240 g/mol. The van der Waals surface area contributed by atoms with Crippen molar-refractivity contribution in [3.63, 3.8) is 0 Å². The Kier molecular flexibility index (Phi) is 4.80. The fourth-order valence-corrected chi connectivity index (χ4v) is 2.80. The summed E-state index contributed by atoms with van der Waals surface area (Å²) >= 11 is 0. The molecule has 2 bridgehead atoms. The van der Waals surface area contributed by atoms with Crippen LogP contribution in [0.3, 0.4) is 0 Å². The number of hydrogen-bond acceptors (Lipinski definition) is 3. The first-order valence-corrected chi connectivity index (χ1v) is 6.92. The van der Waals surface area contributed by atoms with Crippen molar-refractivity contribution < 1.29 is 9.53 Å². The average Bonchev–Trinajstić information content (AvgIpc) is 2.91. The van der Waals surface area contributed by atoms with E-state index in [0.717, 1.165) is 25.9 Å². The van der Waals surface area contributed by atoms with Crippen molar-refractivity contribution in [2.75, 3.05) is 19.6 Å². The molecule has 17 heavy (non-hydrogen) atoms. The lowest BCUT2D eigenvalue weighted by atomic mass is 9.89. The molecule has 4 heteroatoms. The SMILES string of the molecule is CCCCNC(=O)CNCC1CC2CCC1O2. The van der Waals surface area contributed by atoms with Crippen molar-refractivity contribution in [2.45, 2.75) is 51.2 Å². The smallest absolute Gasteiger partial charge is 0.233 e. The number of nitrogens with one attached hydrogen (secondary N) is 2. The van der Waals surface area contributed by atoms with Gasteiger partial charge in [-0.1, -0.05) is 13.3 Å². The van der Waals surface area contributed by atoms with E-state index in [4.69, 9.17) is 4.74 Å². The van der Waals surface area contributed by atoms with Gasteiger partial charge in [-0.2, -0.15) is 0 Å². The van der Waals surface area contributed by atoms with Gasteiger partial charge >= 0.3 is 0 Å². The molecule has 98 valence electrons. The molecule has 0 aromatic carbocycles. The van der Waals surface area contributed by atoms with Crippen molar-refractivity contribution in [2.24, 2.45) is 5.92 Å². The molecule has 0 spiro atoms. The second kappa shape index (κ2) is 6.36. The predicted octanol–water partition coefficient (Wildman–Crippen LogP) is 1.06. The fourth-order valence-electron chi connectivity index (χ4n) is 2.80. The molecular weight excluding hydrogens is 216 g/mol. The van der Waals surface area contributed by atoms with Crippen LogP contribution in [-0.4, -0.2) is 37.7 Å². The van der Waals surface area contributed by atoms with Crippen LogP contribution in [0.15, 0.2) is 0 Å². The van der Waals surface area contributed by atoms with E-state index in [0.29, 0.717) is 24.7 Å². The molecule has 0 radical (unpaired) electrons. The standard InChI is InChI=1S/C13H24N2O2/c1-2-3-6-15-13(16)9-14-8-10-7-11-4-5-12(10)17-11/h10-12,14H,2-9H2,1H3,(H,15,16). The third kappa shape index (κ3) is 3.68. The van der Waals surface area contributed by atoms with E-state index in [1.807, 2.05) is 0 Å². The first-order chi connectivity index (χ1) is 8.29. The molecule has 2 aliphatic rings. The number of rotatable bonds is 7. The molecule has 3 atom stereocenters. The Bertz CT molecular complexity index is 258. The molecule has 0 saturated carbocycles. The van der Waals surface area contributed by atoms with Crippen molar-refractivity contribution in [1.29, 1.82) is 0 Å². The van der Waals surface area contributed by atoms with E-state index in [2.05, 4.69) is 17.6 Å². The zero-order valence-corrected chi connectivity index (χ0v) is 10.7. The van der Waals surface area contributed by atoms with Crippen LogP contribution in [0.25, 0.3) is 0 Å². The summed E-state index contributed by atoms with van der Waals surface area (Å²) in [5.74, 6) is 0.736. The third-order valence-corrected chi connectivity index (χ3v) is 3.78. The van der Waals surface area contributed by atoms with Gasteiger partial charge in [0.1, 0.15) is 0 Å². The monoisotopic (exact) mass is 240 g/mol. The molecule has 2 N–H and O–H groups in total. The van der Waals surface area contributed by atoms with Gasteiger partial charge in [0.15, 0.2) is 0 Å². The van der Waals surface area contributed by atoms with Gasteiger partial charge in [-0.05, 0) is 25.7 Å². The first kappa shape index (κ1) is 12.8. The Morgan fingerprint density at radius 1 is 1.41 bits per heavy atom. The summed E-state index contributed by atoms with van der Waals surface area (Å²) in [4.78, 5) is 11.4. The molecule has 2 rings (SSSR count). The summed E-state index contributed by atoms with van der Waals surface area (Å²) < 4.78 is 5.78. The minimum Gasteiger partial charge on any atom is -0.375 e. The maximum Gasteiger partial charge on any atom is 0.233 e. The Balaban J connectivity index is 1.52. The van der Waals surface area contributed by atoms with Crippen LogP contribution >= 0.6 is 0 Å². The molecule has 0 aromatic rings. The molecule has 3 unspecified atom stereocenters. The second-order valence-electron chi connectivity index (χ2n) is 5.20. The molecule has 4 nitrogen and oxygen atoms in total. The normalized spacial score (nSPS) is 30.8. The molecule has 2 aliphatic heterocycles. The minimum atomic E-state index is 0.113. The van der Waals surface area contributed by atoms with Crippen LogP contribution < -0.4 is 10.6 Å². The van der Waals surface area contributed by atoms with Gasteiger partial charge in [0.05, 0.1) is 18.8 Å². The van der Waals surface area contributed by atoms with E-state index < -0.39 is 0 Å². The van der Waals surface area contributed by atoms with Gasteiger partial charge in [0.25, 0.3) is 0 Å². The van der Waals surface area contributed by atoms with E-state index in [1.54, 1.807) is 0 Å². The van der Waals surface area contributed by atoms with Crippen LogP contribution in [0, 0.1) is 5.92 Å². The molecule has 2 saturated heterocycles. The zero-order chi connectivity index (χ0) is 12.1. The predicted molar refractivity (Wildman–Crippen MR) is 66.8 cm³/mol. The lowest BCUT2D eigenvalue weighted by Crippen LogP contribution is -2.38. The van der Waals surface area contributed by atoms with Gasteiger partial charge in [-0.25, -0.2) is 0 Å².